The van der Waals surface area contributed by atoms with E-state index in [4.69, 9.17) is 0 Å². The molecular formula is C20H29N5S. The summed E-state index contributed by atoms with van der Waals surface area (Å²) in [6, 6.07) is 6.52. The molecule has 4 rings (SSSR count). The Morgan fingerprint density at radius 2 is 1.92 bits per heavy atom. The fourth-order valence-corrected chi connectivity index (χ4v) is 4.71. The predicted octanol–water partition coefficient (Wildman–Crippen LogP) is 3.85. The zero-order valence-electron chi connectivity index (χ0n) is 15.4. The summed E-state index contributed by atoms with van der Waals surface area (Å²) in [7, 11) is 0. The molecule has 0 atom stereocenters. The van der Waals surface area contributed by atoms with Crippen LogP contribution in [0.4, 0.5) is 11.6 Å². The summed E-state index contributed by atoms with van der Waals surface area (Å²) in [5, 5.41) is 5.73. The lowest BCUT2D eigenvalue weighted by Gasteiger charge is -2.32. The van der Waals surface area contributed by atoms with Crippen LogP contribution in [0.5, 0.6) is 0 Å². The van der Waals surface area contributed by atoms with Gasteiger partial charge in [0.05, 0.1) is 0 Å². The number of rotatable bonds is 6. The highest BCUT2D eigenvalue weighted by molar-refractivity contribution is 7.09. The lowest BCUT2D eigenvalue weighted by molar-refractivity contribution is 0.184. The first kappa shape index (κ1) is 17.7. The Morgan fingerprint density at radius 3 is 2.69 bits per heavy atom. The van der Waals surface area contributed by atoms with Gasteiger partial charge in [0.25, 0.3) is 0 Å². The minimum absolute atomic E-state index is 0.739. The number of thiophene rings is 1. The molecule has 2 saturated heterocycles. The maximum Gasteiger partial charge on any atom is 0.134 e. The average molecular weight is 372 g/mol. The van der Waals surface area contributed by atoms with Crippen LogP contribution in [0.3, 0.4) is 0 Å². The summed E-state index contributed by atoms with van der Waals surface area (Å²) in [5.74, 6) is 2.79. The van der Waals surface area contributed by atoms with E-state index in [0.29, 0.717) is 0 Å². The highest BCUT2D eigenvalue weighted by Crippen LogP contribution is 2.22. The smallest absolute Gasteiger partial charge is 0.134 e. The third kappa shape index (κ3) is 4.74. The van der Waals surface area contributed by atoms with Crippen molar-refractivity contribution in [1.29, 1.82) is 0 Å². The van der Waals surface area contributed by atoms with E-state index in [9.17, 15) is 0 Å². The van der Waals surface area contributed by atoms with Crippen molar-refractivity contribution in [3.05, 3.63) is 34.8 Å². The van der Waals surface area contributed by atoms with E-state index in [2.05, 4.69) is 48.7 Å². The Balaban J connectivity index is 1.23. The Bertz CT molecular complexity index is 661. The van der Waals surface area contributed by atoms with Crippen molar-refractivity contribution < 1.29 is 0 Å². The van der Waals surface area contributed by atoms with Crippen molar-refractivity contribution >= 4 is 23.0 Å². The molecule has 5 nitrogen and oxygen atoms in total. The summed E-state index contributed by atoms with van der Waals surface area (Å²) in [6.07, 6.45) is 8.13. The van der Waals surface area contributed by atoms with Crippen LogP contribution in [0.2, 0.25) is 0 Å². The number of hydrogen-bond donors (Lipinski definition) is 1. The second-order valence-corrected chi connectivity index (χ2v) is 8.52. The molecule has 0 amide bonds. The molecule has 0 bridgehead atoms. The zero-order valence-corrected chi connectivity index (χ0v) is 16.3. The topological polar surface area (TPSA) is 44.3 Å². The highest BCUT2D eigenvalue weighted by atomic mass is 32.1. The summed E-state index contributed by atoms with van der Waals surface area (Å²) in [4.78, 5) is 15.4. The van der Waals surface area contributed by atoms with Crippen LogP contribution in [-0.2, 0) is 6.54 Å². The standard InChI is InChI=1S/C20H29N5S/c1-2-8-25(9-3-1)20-13-19(22-16-23-20)21-14-17-6-10-24(11-7-17)15-18-5-4-12-26-18/h4-5,12-13,16-17H,1-3,6-11,14-15H2,(H,21,22,23). The van der Waals surface area contributed by atoms with E-state index in [1.807, 2.05) is 11.3 Å². The fraction of sp³-hybridized carbons (Fsp3) is 0.600. The molecule has 0 saturated carbocycles. The van der Waals surface area contributed by atoms with Gasteiger partial charge in [0.2, 0.25) is 0 Å². The molecule has 2 aromatic rings. The second-order valence-electron chi connectivity index (χ2n) is 7.49. The molecule has 2 aliphatic rings. The Morgan fingerprint density at radius 1 is 1.08 bits per heavy atom. The van der Waals surface area contributed by atoms with Crippen LogP contribution in [0.15, 0.2) is 29.9 Å². The van der Waals surface area contributed by atoms with Crippen molar-refractivity contribution in [2.75, 3.05) is 42.9 Å². The van der Waals surface area contributed by atoms with Crippen molar-refractivity contribution in [2.45, 2.75) is 38.6 Å². The van der Waals surface area contributed by atoms with Crippen molar-refractivity contribution in [3.8, 4) is 0 Å². The van der Waals surface area contributed by atoms with Crippen LogP contribution in [0.25, 0.3) is 0 Å². The Kier molecular flexibility index (Phi) is 6.02. The number of likely N-dealkylation sites (tertiary alicyclic amines) is 1. The van der Waals surface area contributed by atoms with Crippen LogP contribution >= 0.6 is 11.3 Å². The van der Waals surface area contributed by atoms with Crippen molar-refractivity contribution in [1.82, 2.24) is 14.9 Å². The van der Waals surface area contributed by atoms with E-state index in [1.165, 1.54) is 50.1 Å². The predicted molar refractivity (Wildman–Crippen MR) is 109 cm³/mol. The molecule has 140 valence electrons. The van der Waals surface area contributed by atoms with Gasteiger partial charge >= 0.3 is 0 Å². The van der Waals surface area contributed by atoms with Gasteiger partial charge in [-0.3, -0.25) is 4.90 Å². The van der Waals surface area contributed by atoms with E-state index in [1.54, 1.807) is 6.33 Å². The number of piperidine rings is 2. The molecule has 26 heavy (non-hydrogen) atoms. The molecule has 4 heterocycles. The maximum atomic E-state index is 4.47. The van der Waals surface area contributed by atoms with Crippen LogP contribution in [0.1, 0.15) is 37.0 Å². The van der Waals surface area contributed by atoms with Crippen molar-refractivity contribution in [3.63, 3.8) is 0 Å². The van der Waals surface area contributed by atoms with Gasteiger partial charge in [-0.05, 0) is 62.6 Å². The molecule has 0 aromatic carbocycles. The molecule has 1 N–H and O–H groups in total. The van der Waals surface area contributed by atoms with Crippen LogP contribution in [-0.4, -0.2) is 47.6 Å². The molecule has 0 aliphatic carbocycles. The van der Waals surface area contributed by atoms with Gasteiger partial charge in [-0.2, -0.15) is 0 Å². The first-order valence-corrected chi connectivity index (χ1v) is 10.8. The van der Waals surface area contributed by atoms with Gasteiger partial charge < -0.3 is 10.2 Å². The minimum atomic E-state index is 0.739. The first-order chi connectivity index (χ1) is 12.9. The summed E-state index contributed by atoms with van der Waals surface area (Å²) in [5.41, 5.74) is 0. The molecule has 0 unspecified atom stereocenters. The van der Waals surface area contributed by atoms with Gasteiger partial charge in [-0.15, -0.1) is 11.3 Å². The highest BCUT2D eigenvalue weighted by Gasteiger charge is 2.20. The van der Waals surface area contributed by atoms with E-state index < -0.39 is 0 Å². The Hall–Kier alpha value is -1.66. The normalized spacial score (nSPS) is 19.6. The van der Waals surface area contributed by atoms with Gasteiger partial charge in [0.1, 0.15) is 18.0 Å². The van der Waals surface area contributed by atoms with Gasteiger partial charge in [0.15, 0.2) is 0 Å². The molecular weight excluding hydrogens is 342 g/mol. The second kappa shape index (κ2) is 8.82. The van der Waals surface area contributed by atoms with E-state index >= 15 is 0 Å². The maximum absolute atomic E-state index is 4.47. The lowest BCUT2D eigenvalue weighted by Crippen LogP contribution is -2.35. The largest absolute Gasteiger partial charge is 0.370 e. The van der Waals surface area contributed by atoms with Gasteiger partial charge in [0, 0.05) is 37.1 Å². The number of nitrogens with one attached hydrogen (secondary N) is 1. The van der Waals surface area contributed by atoms with Crippen molar-refractivity contribution in [2.24, 2.45) is 5.92 Å². The SMILES string of the molecule is c1csc(CN2CCC(CNc3cc(N4CCCCC4)ncn3)CC2)c1. The van der Waals surface area contributed by atoms with Gasteiger partial charge in [-0.25, -0.2) is 9.97 Å². The molecule has 0 spiro atoms. The molecule has 2 aliphatic heterocycles. The van der Waals surface area contributed by atoms with E-state index in [-0.39, 0.29) is 0 Å². The summed E-state index contributed by atoms with van der Waals surface area (Å²) >= 11 is 1.87. The van der Waals surface area contributed by atoms with Gasteiger partial charge in [-0.1, -0.05) is 6.07 Å². The number of anilines is 2. The quantitative estimate of drug-likeness (QED) is 0.835. The first-order valence-electron chi connectivity index (χ1n) is 9.92. The summed E-state index contributed by atoms with van der Waals surface area (Å²) in [6.45, 7) is 6.78. The molecule has 2 fully saturated rings. The minimum Gasteiger partial charge on any atom is -0.370 e. The lowest BCUT2D eigenvalue weighted by atomic mass is 9.97. The number of nitrogens with zero attached hydrogens (tertiary/aromatic N) is 4. The van der Waals surface area contributed by atoms with Crippen LogP contribution in [0, 0.1) is 5.92 Å². The van der Waals surface area contributed by atoms with Crippen LogP contribution < -0.4 is 10.2 Å². The fourth-order valence-electron chi connectivity index (χ4n) is 3.96. The molecule has 6 heteroatoms. The number of aromatic nitrogens is 2. The monoisotopic (exact) mass is 371 g/mol. The molecule has 2 aromatic heterocycles. The summed E-state index contributed by atoms with van der Waals surface area (Å²) < 4.78 is 0. The molecule has 0 radical (unpaired) electrons. The number of hydrogen-bond acceptors (Lipinski definition) is 6. The average Bonchev–Trinajstić information content (AvgIpc) is 3.21. The zero-order chi connectivity index (χ0) is 17.6. The third-order valence-electron chi connectivity index (χ3n) is 5.57. The van der Waals surface area contributed by atoms with E-state index in [0.717, 1.165) is 43.7 Å². The Labute approximate surface area is 160 Å². The third-order valence-corrected chi connectivity index (χ3v) is 6.43.